The zero-order chi connectivity index (χ0) is 17.6. The zero-order valence-corrected chi connectivity index (χ0v) is 19.2. The lowest BCUT2D eigenvalue weighted by Gasteiger charge is -2.18. The lowest BCUT2D eigenvalue weighted by molar-refractivity contribution is 0.180. The quantitative estimate of drug-likeness (QED) is 0.207. The van der Waals surface area contributed by atoms with Crippen LogP contribution in [-0.4, -0.2) is 69.3 Å². The van der Waals surface area contributed by atoms with E-state index in [1.807, 2.05) is 6.92 Å². The third-order valence-electron chi connectivity index (χ3n) is 3.50. The Balaban J connectivity index is 0.00000576. The number of halogens is 1. The lowest BCUT2D eigenvalue weighted by atomic mass is 10.3. The Labute approximate surface area is 173 Å². The molecule has 1 aromatic heterocycles. The number of hydrogen-bond acceptors (Lipinski definition) is 5. The van der Waals surface area contributed by atoms with Crippen LogP contribution < -0.4 is 10.6 Å². The van der Waals surface area contributed by atoms with Crippen LogP contribution in [0.4, 0.5) is 0 Å². The van der Waals surface area contributed by atoms with E-state index in [1.54, 1.807) is 18.4 Å². The second-order valence-corrected chi connectivity index (χ2v) is 6.77. The van der Waals surface area contributed by atoms with Gasteiger partial charge >= 0.3 is 0 Å². The molecule has 0 fully saturated rings. The Morgan fingerprint density at radius 2 is 2.12 bits per heavy atom. The molecule has 0 aromatic carbocycles. The molecule has 0 unspecified atom stereocenters. The summed E-state index contributed by atoms with van der Waals surface area (Å²) in [5.74, 6) is 0.901. The number of nitrogens with one attached hydrogen (secondary N) is 2. The van der Waals surface area contributed by atoms with E-state index in [1.165, 1.54) is 5.01 Å². The molecule has 1 rings (SSSR count). The second-order valence-electron chi connectivity index (χ2n) is 5.82. The number of likely N-dealkylation sites (N-methyl/N-ethyl adjacent to an activating group) is 1. The van der Waals surface area contributed by atoms with Gasteiger partial charge in [-0.2, -0.15) is 0 Å². The van der Waals surface area contributed by atoms with Crippen LogP contribution in [0.25, 0.3) is 0 Å². The molecule has 25 heavy (non-hydrogen) atoms. The summed E-state index contributed by atoms with van der Waals surface area (Å²) in [7, 11) is 3.88. The zero-order valence-electron chi connectivity index (χ0n) is 16.0. The number of hydrogen-bond donors (Lipinski definition) is 2. The average molecular weight is 483 g/mol. The molecule has 0 aliphatic carbocycles. The van der Waals surface area contributed by atoms with Gasteiger partial charge in [-0.15, -0.1) is 35.3 Å². The van der Waals surface area contributed by atoms with Crippen molar-refractivity contribution in [1.82, 2.24) is 20.5 Å². The average Bonchev–Trinajstić information content (AvgIpc) is 2.97. The highest BCUT2D eigenvalue weighted by atomic mass is 127. The molecule has 1 aromatic rings. The number of aromatic nitrogens is 1. The van der Waals surface area contributed by atoms with Gasteiger partial charge in [-0.05, 0) is 33.7 Å². The third-order valence-corrected chi connectivity index (χ3v) is 4.53. The SMILES string of the molecule is CCNC(=NCCCc1nc(C)cs1)NCCN(C)CCCOC.I. The van der Waals surface area contributed by atoms with Crippen LogP contribution in [0.2, 0.25) is 0 Å². The number of aryl methyl sites for hydroxylation is 2. The highest BCUT2D eigenvalue weighted by Crippen LogP contribution is 2.10. The van der Waals surface area contributed by atoms with E-state index in [0.29, 0.717) is 0 Å². The molecule has 0 atom stereocenters. The van der Waals surface area contributed by atoms with Gasteiger partial charge in [0.15, 0.2) is 5.96 Å². The van der Waals surface area contributed by atoms with Crippen LogP contribution in [0, 0.1) is 6.92 Å². The van der Waals surface area contributed by atoms with Gasteiger partial charge in [0.1, 0.15) is 0 Å². The number of ether oxygens (including phenoxy) is 1. The molecule has 2 N–H and O–H groups in total. The molecule has 0 radical (unpaired) electrons. The van der Waals surface area contributed by atoms with Crippen LogP contribution >= 0.6 is 35.3 Å². The summed E-state index contributed by atoms with van der Waals surface area (Å²) >= 11 is 1.74. The smallest absolute Gasteiger partial charge is 0.191 e. The first-order chi connectivity index (χ1) is 11.7. The largest absolute Gasteiger partial charge is 0.385 e. The topological polar surface area (TPSA) is 61.8 Å². The molecule has 0 amide bonds. The molecule has 1 heterocycles. The van der Waals surface area contributed by atoms with E-state index in [-0.39, 0.29) is 24.0 Å². The van der Waals surface area contributed by atoms with Crippen LogP contribution in [0.1, 0.15) is 30.5 Å². The van der Waals surface area contributed by atoms with E-state index in [2.05, 4.69) is 44.9 Å². The fourth-order valence-electron chi connectivity index (χ4n) is 2.24. The van der Waals surface area contributed by atoms with Gasteiger partial charge in [0.2, 0.25) is 0 Å². The summed E-state index contributed by atoms with van der Waals surface area (Å²) in [5.41, 5.74) is 1.11. The maximum Gasteiger partial charge on any atom is 0.191 e. The van der Waals surface area contributed by atoms with Crippen LogP contribution in [0.5, 0.6) is 0 Å². The number of methoxy groups -OCH3 is 1. The van der Waals surface area contributed by atoms with Crippen LogP contribution in [-0.2, 0) is 11.2 Å². The molecule has 0 saturated carbocycles. The molecule has 0 saturated heterocycles. The predicted octanol–water partition coefficient (Wildman–Crippen LogP) is 2.53. The maximum atomic E-state index is 5.08. The van der Waals surface area contributed by atoms with Crippen molar-refractivity contribution in [3.05, 3.63) is 16.1 Å². The predicted molar refractivity (Wildman–Crippen MR) is 119 cm³/mol. The molecule has 0 bridgehead atoms. The Morgan fingerprint density at radius 1 is 1.32 bits per heavy atom. The van der Waals surface area contributed by atoms with Gasteiger partial charge in [0.25, 0.3) is 0 Å². The van der Waals surface area contributed by atoms with Crippen LogP contribution in [0.3, 0.4) is 0 Å². The lowest BCUT2D eigenvalue weighted by Crippen LogP contribution is -2.41. The number of guanidine groups is 1. The first kappa shape index (κ1) is 24.6. The van der Waals surface area contributed by atoms with E-state index in [4.69, 9.17) is 4.74 Å². The minimum Gasteiger partial charge on any atom is -0.385 e. The van der Waals surface area contributed by atoms with Gasteiger partial charge in [0, 0.05) is 63.9 Å². The van der Waals surface area contributed by atoms with Crippen molar-refractivity contribution in [3.8, 4) is 0 Å². The Bertz CT molecular complexity index is 470. The molecule has 0 aliphatic rings. The molecule has 0 spiro atoms. The molecule has 146 valence electrons. The van der Waals surface area contributed by atoms with Gasteiger partial charge in [-0.1, -0.05) is 0 Å². The van der Waals surface area contributed by atoms with Crippen molar-refractivity contribution in [3.63, 3.8) is 0 Å². The first-order valence-electron chi connectivity index (χ1n) is 8.76. The Kier molecular flexibility index (Phi) is 15.5. The number of rotatable bonds is 12. The van der Waals surface area contributed by atoms with Crippen LogP contribution in [0.15, 0.2) is 10.4 Å². The highest BCUT2D eigenvalue weighted by Gasteiger charge is 2.01. The minimum absolute atomic E-state index is 0. The molecular formula is C17H34IN5OS. The maximum absolute atomic E-state index is 5.08. The minimum atomic E-state index is 0. The highest BCUT2D eigenvalue weighted by molar-refractivity contribution is 14.0. The normalized spacial score (nSPS) is 11.5. The van der Waals surface area contributed by atoms with Crippen molar-refractivity contribution in [1.29, 1.82) is 0 Å². The first-order valence-corrected chi connectivity index (χ1v) is 9.64. The summed E-state index contributed by atoms with van der Waals surface area (Å²) in [6, 6.07) is 0. The summed E-state index contributed by atoms with van der Waals surface area (Å²) < 4.78 is 5.08. The third kappa shape index (κ3) is 12.5. The van der Waals surface area contributed by atoms with Crippen molar-refractivity contribution < 1.29 is 4.74 Å². The van der Waals surface area contributed by atoms with Crippen molar-refractivity contribution >= 4 is 41.3 Å². The van der Waals surface area contributed by atoms with E-state index in [9.17, 15) is 0 Å². The van der Waals surface area contributed by atoms with Gasteiger partial charge in [-0.25, -0.2) is 4.98 Å². The summed E-state index contributed by atoms with van der Waals surface area (Å²) in [6.45, 7) is 9.58. The van der Waals surface area contributed by atoms with Gasteiger partial charge in [-0.3, -0.25) is 4.99 Å². The summed E-state index contributed by atoms with van der Waals surface area (Å²) in [5, 5.41) is 10.0. The van der Waals surface area contributed by atoms with E-state index in [0.717, 1.165) is 70.2 Å². The number of aliphatic imine (C=N–C) groups is 1. The van der Waals surface area contributed by atoms with Gasteiger partial charge in [0.05, 0.1) is 5.01 Å². The monoisotopic (exact) mass is 483 g/mol. The summed E-state index contributed by atoms with van der Waals surface area (Å²) in [6.07, 6.45) is 3.10. The Morgan fingerprint density at radius 3 is 2.76 bits per heavy atom. The fraction of sp³-hybridized carbons (Fsp3) is 0.765. The standard InChI is InChI=1S/C17H33N5OS.HI/c1-5-18-17(20-10-12-22(3)11-7-13-23-4)19-9-6-8-16-21-15(2)14-24-16;/h14H,5-13H2,1-4H3,(H2,18,19,20);1H. The molecule has 6 nitrogen and oxygen atoms in total. The number of nitrogens with zero attached hydrogens (tertiary/aromatic N) is 3. The van der Waals surface area contributed by atoms with Crippen molar-refractivity contribution in [2.75, 3.05) is 53.5 Å². The fourth-order valence-corrected chi connectivity index (χ4v) is 3.05. The second kappa shape index (κ2) is 15.8. The van der Waals surface area contributed by atoms with E-state index >= 15 is 0 Å². The Hall–Kier alpha value is -0.450. The molecule has 0 aliphatic heterocycles. The van der Waals surface area contributed by atoms with Crippen molar-refractivity contribution in [2.24, 2.45) is 4.99 Å². The number of thiazole rings is 1. The van der Waals surface area contributed by atoms with Gasteiger partial charge < -0.3 is 20.3 Å². The van der Waals surface area contributed by atoms with Crippen molar-refractivity contribution in [2.45, 2.75) is 33.1 Å². The molecule has 8 heteroatoms. The van der Waals surface area contributed by atoms with E-state index < -0.39 is 0 Å². The molecular weight excluding hydrogens is 449 g/mol. The summed E-state index contributed by atoms with van der Waals surface area (Å²) in [4.78, 5) is 11.4.